The van der Waals surface area contributed by atoms with Crippen LogP contribution in [-0.2, 0) is 27.3 Å². The zero-order chi connectivity index (χ0) is 32.8. The summed E-state index contributed by atoms with van der Waals surface area (Å²) >= 11 is 1.47. The number of amides is 4. The number of hydrogen-bond donors (Lipinski definition) is 5. The molecule has 3 atom stereocenters. The summed E-state index contributed by atoms with van der Waals surface area (Å²) in [5.41, 5.74) is 2.35. The largest absolute Gasteiger partial charge is 0.507 e. The maximum absolute atomic E-state index is 13.5. The number of nitrogens with zero attached hydrogens (tertiary/aromatic N) is 1. The normalized spacial score (nSPS) is 18.9. The number of phenols is 1. The molecule has 0 spiro atoms. The summed E-state index contributed by atoms with van der Waals surface area (Å²) in [6, 6.07) is 17.9. The maximum Gasteiger partial charge on any atom is 0.255 e. The molecule has 0 saturated carbocycles. The van der Waals surface area contributed by atoms with E-state index in [9.17, 15) is 24.3 Å². The van der Waals surface area contributed by atoms with E-state index in [1.54, 1.807) is 38.1 Å². The first-order valence-electron chi connectivity index (χ1n) is 14.9. The number of benzene rings is 3. The van der Waals surface area contributed by atoms with Gasteiger partial charge in [0.25, 0.3) is 5.91 Å². The third-order valence-electron chi connectivity index (χ3n) is 7.45. The Bertz CT molecular complexity index is 1720. The molecule has 4 bridgehead atoms. The molecule has 3 aromatic carbocycles. The van der Waals surface area contributed by atoms with E-state index in [0.717, 1.165) is 16.1 Å². The molecule has 0 fully saturated rings. The number of fused-ring (bicyclic) bond motifs is 11. The van der Waals surface area contributed by atoms with Gasteiger partial charge in [-0.2, -0.15) is 0 Å². The van der Waals surface area contributed by atoms with Crippen LogP contribution in [0.15, 0.2) is 78.2 Å². The van der Waals surface area contributed by atoms with Crippen molar-refractivity contribution in [1.29, 1.82) is 0 Å². The lowest BCUT2D eigenvalue weighted by atomic mass is 10.0. The van der Waals surface area contributed by atoms with Crippen LogP contribution in [-0.4, -0.2) is 51.8 Å². The van der Waals surface area contributed by atoms with Crippen LogP contribution >= 0.6 is 11.3 Å². The van der Waals surface area contributed by atoms with Crippen LogP contribution in [0.25, 0.3) is 10.6 Å². The Balaban J connectivity index is 1.38. The molecule has 0 unspecified atom stereocenters. The first-order valence-corrected chi connectivity index (χ1v) is 15.7. The summed E-state index contributed by atoms with van der Waals surface area (Å²) in [5.74, 6) is -2.13. The highest BCUT2D eigenvalue weighted by Crippen LogP contribution is 2.28. The zero-order valence-corrected chi connectivity index (χ0v) is 26.4. The van der Waals surface area contributed by atoms with Crippen LogP contribution in [0.5, 0.6) is 17.2 Å². The van der Waals surface area contributed by atoms with Crippen molar-refractivity contribution in [3.8, 4) is 27.8 Å². The smallest absolute Gasteiger partial charge is 0.255 e. The van der Waals surface area contributed by atoms with Gasteiger partial charge in [0.05, 0.1) is 17.8 Å². The van der Waals surface area contributed by atoms with Crippen LogP contribution in [0.2, 0.25) is 0 Å². The first-order chi connectivity index (χ1) is 22.1. The Labute approximate surface area is 270 Å². The second-order valence-corrected chi connectivity index (χ2v) is 12.2. The van der Waals surface area contributed by atoms with Gasteiger partial charge in [-0.3, -0.25) is 19.2 Å². The van der Waals surface area contributed by atoms with E-state index in [1.807, 2.05) is 35.7 Å². The lowest BCUT2D eigenvalue weighted by molar-refractivity contribution is -0.132. The second kappa shape index (κ2) is 14.2. The molecule has 238 valence electrons. The van der Waals surface area contributed by atoms with Gasteiger partial charge in [-0.15, -0.1) is 11.3 Å². The van der Waals surface area contributed by atoms with Crippen molar-refractivity contribution < 1.29 is 29.0 Å². The number of aromatic nitrogens is 1. The summed E-state index contributed by atoms with van der Waals surface area (Å²) in [6.45, 7) is 5.16. The van der Waals surface area contributed by atoms with E-state index in [0.29, 0.717) is 17.2 Å². The van der Waals surface area contributed by atoms with Crippen LogP contribution in [0.4, 0.5) is 0 Å². The SMILES string of the molecule is CC(C)[C@@H]1NC(=O)c2cc(ccc2O)Oc2ccc(cc2)C[C@H](C(=O)NCc2csc(-c3ccccc3)n2)NC(=O)[C@H](C)NC1=O. The molecule has 6 rings (SSSR count). The maximum atomic E-state index is 13.5. The zero-order valence-electron chi connectivity index (χ0n) is 25.6. The molecule has 4 aromatic rings. The Kier molecular flexibility index (Phi) is 9.97. The average Bonchev–Trinajstić information content (AvgIpc) is 3.52. The highest BCUT2D eigenvalue weighted by molar-refractivity contribution is 7.13. The molecule has 12 heteroatoms. The minimum atomic E-state index is -1.03. The van der Waals surface area contributed by atoms with Gasteiger partial charge in [0.2, 0.25) is 17.7 Å². The molecule has 0 saturated heterocycles. The van der Waals surface area contributed by atoms with Gasteiger partial charge in [0, 0.05) is 17.4 Å². The van der Waals surface area contributed by atoms with Crippen LogP contribution < -0.4 is 26.0 Å². The van der Waals surface area contributed by atoms with Gasteiger partial charge in [0.1, 0.15) is 40.4 Å². The first kappa shape index (κ1) is 32.2. The Morgan fingerprint density at radius 1 is 0.978 bits per heavy atom. The lowest BCUT2D eigenvalue weighted by Crippen LogP contribution is -2.57. The second-order valence-electron chi connectivity index (χ2n) is 11.3. The van der Waals surface area contributed by atoms with Gasteiger partial charge in [-0.1, -0.05) is 56.3 Å². The van der Waals surface area contributed by atoms with Crippen molar-refractivity contribution in [1.82, 2.24) is 26.3 Å². The van der Waals surface area contributed by atoms with Crippen molar-refractivity contribution in [2.24, 2.45) is 5.92 Å². The summed E-state index contributed by atoms with van der Waals surface area (Å²) in [4.78, 5) is 57.8. The number of nitrogens with one attached hydrogen (secondary N) is 4. The highest BCUT2D eigenvalue weighted by atomic mass is 32.1. The van der Waals surface area contributed by atoms with Crippen LogP contribution in [0.3, 0.4) is 0 Å². The molecule has 1 aromatic heterocycles. The Hall–Kier alpha value is -5.23. The lowest BCUT2D eigenvalue weighted by Gasteiger charge is -2.25. The van der Waals surface area contributed by atoms with Crippen molar-refractivity contribution >= 4 is 35.0 Å². The van der Waals surface area contributed by atoms with E-state index in [-0.39, 0.29) is 30.2 Å². The predicted octanol–water partition coefficient (Wildman–Crippen LogP) is 3.92. The van der Waals surface area contributed by atoms with E-state index < -0.39 is 41.8 Å². The van der Waals surface area contributed by atoms with Gasteiger partial charge in [-0.05, 0) is 48.7 Å². The number of aromatic hydroxyl groups is 1. The minimum Gasteiger partial charge on any atom is -0.507 e. The number of phenolic OH excluding ortho intramolecular Hbond substituents is 1. The standard InChI is InChI=1S/C34H35N5O6S/c1-19(2)29-33(44)36-20(3)30(41)38-27(32(43)35-17-23-18-46-34(37-23)22-7-5-4-6-8-22)15-21-9-11-24(12-10-21)45-25-13-14-28(40)26(16-25)31(42)39-29/h4-14,16,18-20,27,29,40H,15,17H2,1-3H3,(H,35,43)(H,36,44)(H,38,41)(H,39,42)/t20-,27+,29-/m0/s1. The van der Waals surface area contributed by atoms with Crippen molar-refractivity contribution in [3.05, 3.63) is 95.0 Å². The molecule has 3 heterocycles. The molecule has 4 amide bonds. The number of thiazole rings is 1. The van der Waals surface area contributed by atoms with Crippen molar-refractivity contribution in [2.45, 2.75) is 51.9 Å². The van der Waals surface area contributed by atoms with E-state index >= 15 is 0 Å². The fourth-order valence-corrected chi connectivity index (χ4v) is 5.68. The summed E-state index contributed by atoms with van der Waals surface area (Å²) in [7, 11) is 0. The monoisotopic (exact) mass is 641 g/mol. The van der Waals surface area contributed by atoms with E-state index in [1.165, 1.54) is 36.5 Å². The average molecular weight is 642 g/mol. The number of carbonyl (C=O) groups excluding carboxylic acids is 4. The number of rotatable bonds is 5. The van der Waals surface area contributed by atoms with Crippen molar-refractivity contribution in [3.63, 3.8) is 0 Å². The Morgan fingerprint density at radius 3 is 2.41 bits per heavy atom. The van der Waals surface area contributed by atoms with Crippen molar-refractivity contribution in [2.75, 3.05) is 0 Å². The molecular weight excluding hydrogens is 606 g/mol. The van der Waals surface area contributed by atoms with Crippen LogP contribution in [0.1, 0.15) is 42.4 Å². The van der Waals surface area contributed by atoms with E-state index in [2.05, 4.69) is 26.3 Å². The highest BCUT2D eigenvalue weighted by Gasteiger charge is 2.30. The molecule has 5 N–H and O–H groups in total. The molecule has 11 nitrogen and oxygen atoms in total. The van der Waals surface area contributed by atoms with Gasteiger partial charge in [-0.25, -0.2) is 4.98 Å². The Morgan fingerprint density at radius 2 is 1.70 bits per heavy atom. The van der Waals surface area contributed by atoms with Gasteiger partial charge >= 0.3 is 0 Å². The fraction of sp³-hybridized carbons (Fsp3) is 0.265. The van der Waals surface area contributed by atoms with E-state index in [4.69, 9.17) is 4.74 Å². The predicted molar refractivity (Wildman–Crippen MR) is 173 cm³/mol. The molecule has 2 aliphatic rings. The number of hydrogen-bond acceptors (Lipinski definition) is 8. The van der Waals surface area contributed by atoms with Gasteiger partial charge in [0.15, 0.2) is 0 Å². The topological polar surface area (TPSA) is 159 Å². The molecule has 46 heavy (non-hydrogen) atoms. The molecular formula is C34H35N5O6S. The molecule has 2 aliphatic heterocycles. The summed E-state index contributed by atoms with van der Waals surface area (Å²) < 4.78 is 5.92. The molecule has 0 radical (unpaired) electrons. The van der Waals surface area contributed by atoms with Gasteiger partial charge < -0.3 is 31.1 Å². The summed E-state index contributed by atoms with van der Waals surface area (Å²) in [5, 5.41) is 24.0. The quantitative estimate of drug-likeness (QED) is 0.207. The minimum absolute atomic E-state index is 0.0673. The third kappa shape index (κ3) is 7.88. The molecule has 0 aliphatic carbocycles. The number of carbonyl (C=O) groups is 4. The summed E-state index contributed by atoms with van der Waals surface area (Å²) in [6.07, 6.45) is 0.166. The fourth-order valence-electron chi connectivity index (χ4n) is 4.86. The number of ether oxygens (including phenoxy) is 1. The third-order valence-corrected chi connectivity index (χ3v) is 8.39. The van der Waals surface area contributed by atoms with Crippen LogP contribution in [0, 0.1) is 5.92 Å².